The first-order valence-electron chi connectivity index (χ1n) is 6.86. The lowest BCUT2D eigenvalue weighted by Crippen LogP contribution is -2.46. The van der Waals surface area contributed by atoms with E-state index >= 15 is 0 Å². The number of likely N-dealkylation sites (N-methyl/N-ethyl adjacent to an activating group) is 1. The average molecular weight is 287 g/mol. The van der Waals surface area contributed by atoms with E-state index in [4.69, 9.17) is 0 Å². The Balaban J connectivity index is 1.88. The molecule has 0 aromatic heterocycles. The summed E-state index contributed by atoms with van der Waals surface area (Å²) in [6, 6.07) is 7.15. The minimum atomic E-state index is -4.19. The first-order chi connectivity index (χ1) is 9.48. The van der Waals surface area contributed by atoms with Gasteiger partial charge in [-0.1, -0.05) is 6.92 Å². The van der Waals surface area contributed by atoms with E-state index in [0.717, 1.165) is 38.4 Å². The van der Waals surface area contributed by atoms with Crippen LogP contribution in [-0.2, 0) is 0 Å². The number of benzene rings is 1. The Bertz CT molecular complexity index is 409. The normalized spacial score (nSPS) is 17.3. The number of nitrogens with one attached hydrogen (secondary N) is 1. The van der Waals surface area contributed by atoms with Crippen molar-refractivity contribution in [1.29, 1.82) is 0 Å². The molecule has 1 saturated heterocycles. The molecule has 20 heavy (non-hydrogen) atoms. The number of hydrogen-bond acceptors (Lipinski definition) is 3. The molecule has 1 N–H and O–H groups in total. The first-order valence-corrected chi connectivity index (χ1v) is 6.86. The lowest BCUT2D eigenvalue weighted by Gasteiger charge is -2.35. The molecule has 1 aromatic rings. The van der Waals surface area contributed by atoms with Crippen molar-refractivity contribution < 1.29 is 13.2 Å². The van der Waals surface area contributed by atoms with E-state index in [1.807, 2.05) is 12.1 Å². The number of nitrogens with zero attached hydrogens (tertiary/aromatic N) is 2. The fourth-order valence-electron chi connectivity index (χ4n) is 2.31. The van der Waals surface area contributed by atoms with E-state index in [2.05, 4.69) is 22.0 Å². The minimum absolute atomic E-state index is 0.498. The highest BCUT2D eigenvalue weighted by Gasteiger charge is 2.26. The third-order valence-corrected chi connectivity index (χ3v) is 3.54. The van der Waals surface area contributed by atoms with Gasteiger partial charge < -0.3 is 15.1 Å². The number of anilines is 2. The van der Waals surface area contributed by atoms with E-state index in [1.165, 1.54) is 0 Å². The molecule has 1 fully saturated rings. The first kappa shape index (κ1) is 15.0. The molecule has 0 spiro atoms. The molecule has 0 unspecified atom stereocenters. The molecule has 1 aliphatic rings. The van der Waals surface area contributed by atoms with Crippen LogP contribution in [0.25, 0.3) is 0 Å². The van der Waals surface area contributed by atoms with Crippen LogP contribution >= 0.6 is 0 Å². The maximum Gasteiger partial charge on any atom is 0.405 e. The summed E-state index contributed by atoms with van der Waals surface area (Å²) in [5, 5.41) is 2.38. The Hall–Kier alpha value is -1.43. The molecule has 0 bridgehead atoms. The monoisotopic (exact) mass is 287 g/mol. The van der Waals surface area contributed by atoms with Crippen LogP contribution in [0.5, 0.6) is 0 Å². The van der Waals surface area contributed by atoms with Crippen molar-refractivity contribution in [2.24, 2.45) is 0 Å². The summed E-state index contributed by atoms with van der Waals surface area (Å²) in [5.41, 5.74) is 1.57. The van der Waals surface area contributed by atoms with Gasteiger partial charge in [-0.05, 0) is 30.8 Å². The molecule has 3 nitrogen and oxygen atoms in total. The summed E-state index contributed by atoms with van der Waals surface area (Å²) in [6.07, 6.45) is -4.19. The van der Waals surface area contributed by atoms with Crippen molar-refractivity contribution in [1.82, 2.24) is 4.90 Å². The standard InChI is InChI=1S/C14H20F3N3/c1-2-19-7-9-20(10-8-19)13-5-3-12(4-6-13)18-11-14(15,16)17/h3-6,18H,2,7-11H2,1H3. The highest BCUT2D eigenvalue weighted by molar-refractivity contribution is 5.55. The minimum Gasteiger partial charge on any atom is -0.376 e. The summed E-state index contributed by atoms with van der Waals surface area (Å²) in [7, 11) is 0. The predicted octanol–water partition coefficient (Wildman–Crippen LogP) is 2.80. The molecule has 112 valence electrons. The third-order valence-electron chi connectivity index (χ3n) is 3.54. The topological polar surface area (TPSA) is 18.5 Å². The van der Waals surface area contributed by atoms with Crippen molar-refractivity contribution in [3.63, 3.8) is 0 Å². The Morgan fingerprint density at radius 3 is 2.15 bits per heavy atom. The van der Waals surface area contributed by atoms with Gasteiger partial charge in [0.05, 0.1) is 0 Å². The summed E-state index contributed by atoms with van der Waals surface area (Å²) in [4.78, 5) is 4.65. The quantitative estimate of drug-likeness (QED) is 0.918. The Morgan fingerprint density at radius 2 is 1.65 bits per heavy atom. The van der Waals surface area contributed by atoms with Crippen molar-refractivity contribution in [2.75, 3.05) is 49.5 Å². The molecule has 0 atom stereocenters. The lowest BCUT2D eigenvalue weighted by atomic mass is 10.2. The molecule has 6 heteroatoms. The molecular formula is C14H20F3N3. The van der Waals surface area contributed by atoms with E-state index in [-0.39, 0.29) is 0 Å². The molecule has 2 rings (SSSR count). The van der Waals surface area contributed by atoms with Gasteiger partial charge in [-0.25, -0.2) is 0 Å². The van der Waals surface area contributed by atoms with Crippen LogP contribution in [0, 0.1) is 0 Å². The van der Waals surface area contributed by atoms with Gasteiger partial charge in [0.25, 0.3) is 0 Å². The van der Waals surface area contributed by atoms with Gasteiger partial charge in [0.2, 0.25) is 0 Å². The van der Waals surface area contributed by atoms with E-state index in [9.17, 15) is 13.2 Å². The van der Waals surface area contributed by atoms with Gasteiger partial charge in [-0.2, -0.15) is 13.2 Å². The summed E-state index contributed by atoms with van der Waals surface area (Å²) in [6.45, 7) is 6.20. The number of hydrogen-bond donors (Lipinski definition) is 1. The van der Waals surface area contributed by atoms with Crippen molar-refractivity contribution in [2.45, 2.75) is 13.1 Å². The largest absolute Gasteiger partial charge is 0.405 e. The molecule has 1 aromatic carbocycles. The summed E-state index contributed by atoms with van der Waals surface area (Å²) < 4.78 is 36.3. The molecule has 1 heterocycles. The van der Waals surface area contributed by atoms with E-state index < -0.39 is 12.7 Å². The smallest absolute Gasteiger partial charge is 0.376 e. The van der Waals surface area contributed by atoms with Crippen LogP contribution in [-0.4, -0.2) is 50.3 Å². The predicted molar refractivity (Wildman–Crippen MR) is 75.3 cm³/mol. The molecule has 0 saturated carbocycles. The summed E-state index contributed by atoms with van der Waals surface area (Å²) in [5.74, 6) is 0. The Morgan fingerprint density at radius 1 is 1.05 bits per heavy atom. The highest BCUT2D eigenvalue weighted by Crippen LogP contribution is 2.21. The third kappa shape index (κ3) is 4.30. The van der Waals surface area contributed by atoms with Gasteiger partial charge in [-0.3, -0.25) is 0 Å². The van der Waals surface area contributed by atoms with Gasteiger partial charge in [0, 0.05) is 37.6 Å². The van der Waals surface area contributed by atoms with Crippen LogP contribution < -0.4 is 10.2 Å². The molecule has 1 aliphatic heterocycles. The number of alkyl halides is 3. The van der Waals surface area contributed by atoms with Crippen LogP contribution in [0.2, 0.25) is 0 Å². The maximum absolute atomic E-state index is 12.1. The van der Waals surface area contributed by atoms with E-state index in [1.54, 1.807) is 12.1 Å². The SMILES string of the molecule is CCN1CCN(c2ccc(NCC(F)(F)F)cc2)CC1. The lowest BCUT2D eigenvalue weighted by molar-refractivity contribution is -0.115. The second-order valence-corrected chi connectivity index (χ2v) is 4.94. The highest BCUT2D eigenvalue weighted by atomic mass is 19.4. The van der Waals surface area contributed by atoms with Crippen LogP contribution in [0.1, 0.15) is 6.92 Å². The zero-order valence-corrected chi connectivity index (χ0v) is 11.6. The molecular weight excluding hydrogens is 267 g/mol. The number of piperazine rings is 1. The van der Waals surface area contributed by atoms with Gasteiger partial charge in [0.15, 0.2) is 0 Å². The van der Waals surface area contributed by atoms with Gasteiger partial charge >= 0.3 is 6.18 Å². The second kappa shape index (κ2) is 6.35. The van der Waals surface area contributed by atoms with E-state index in [0.29, 0.717) is 5.69 Å². The summed E-state index contributed by atoms with van der Waals surface area (Å²) >= 11 is 0. The van der Waals surface area contributed by atoms with Crippen molar-refractivity contribution in [3.05, 3.63) is 24.3 Å². The average Bonchev–Trinajstić information content (AvgIpc) is 2.45. The Kier molecular flexibility index (Phi) is 4.75. The van der Waals surface area contributed by atoms with Crippen LogP contribution in [0.3, 0.4) is 0 Å². The zero-order valence-electron chi connectivity index (χ0n) is 11.6. The fourth-order valence-corrected chi connectivity index (χ4v) is 2.31. The molecule has 0 radical (unpaired) electrons. The fraction of sp³-hybridized carbons (Fsp3) is 0.571. The second-order valence-electron chi connectivity index (χ2n) is 4.94. The molecule has 0 amide bonds. The number of halogens is 3. The zero-order chi connectivity index (χ0) is 14.6. The molecule has 0 aliphatic carbocycles. The van der Waals surface area contributed by atoms with Crippen molar-refractivity contribution in [3.8, 4) is 0 Å². The van der Waals surface area contributed by atoms with Crippen LogP contribution in [0.15, 0.2) is 24.3 Å². The van der Waals surface area contributed by atoms with Gasteiger partial charge in [-0.15, -0.1) is 0 Å². The van der Waals surface area contributed by atoms with Gasteiger partial charge in [0.1, 0.15) is 6.54 Å². The van der Waals surface area contributed by atoms with Crippen LogP contribution in [0.4, 0.5) is 24.5 Å². The maximum atomic E-state index is 12.1. The Labute approximate surface area is 117 Å². The van der Waals surface area contributed by atoms with Crippen molar-refractivity contribution >= 4 is 11.4 Å². The number of rotatable bonds is 4.